The number of hydrogen-bond acceptors (Lipinski definition) is 0. The lowest BCUT2D eigenvalue weighted by molar-refractivity contribution is 1.14. The molecule has 0 atom stereocenters. The summed E-state index contributed by atoms with van der Waals surface area (Å²) in [5, 5.41) is 0.829. The normalized spacial score (nSPS) is 9.90. The zero-order valence-corrected chi connectivity index (χ0v) is 6.78. The SMILES string of the molecule is [CH2]c1ccc(CC)c(Cl)c1. The van der Waals surface area contributed by atoms with E-state index in [4.69, 9.17) is 11.6 Å². The molecule has 0 saturated carbocycles. The Hall–Kier alpha value is -0.490. The van der Waals surface area contributed by atoms with Crippen LogP contribution >= 0.6 is 11.6 Å². The van der Waals surface area contributed by atoms with Crippen molar-refractivity contribution in [2.24, 2.45) is 0 Å². The van der Waals surface area contributed by atoms with Crippen molar-refractivity contribution in [2.45, 2.75) is 13.3 Å². The van der Waals surface area contributed by atoms with Crippen LogP contribution in [0.3, 0.4) is 0 Å². The molecular formula is C9H10Cl. The minimum absolute atomic E-state index is 0.829. The van der Waals surface area contributed by atoms with Gasteiger partial charge in [-0.1, -0.05) is 30.7 Å². The molecule has 0 bridgehead atoms. The largest absolute Gasteiger partial charge is 0.0840 e. The topological polar surface area (TPSA) is 0 Å². The number of rotatable bonds is 1. The van der Waals surface area contributed by atoms with Gasteiger partial charge in [-0.3, -0.25) is 0 Å². The Kier molecular flexibility index (Phi) is 2.34. The van der Waals surface area contributed by atoms with Crippen LogP contribution in [0.1, 0.15) is 18.1 Å². The Morgan fingerprint density at radius 2 is 2.20 bits per heavy atom. The van der Waals surface area contributed by atoms with Crippen molar-refractivity contribution in [1.29, 1.82) is 0 Å². The first-order valence-electron chi connectivity index (χ1n) is 3.34. The Balaban J connectivity index is 3.07. The molecule has 0 amide bonds. The molecule has 1 aromatic rings. The second-order valence-corrected chi connectivity index (χ2v) is 2.69. The van der Waals surface area contributed by atoms with Gasteiger partial charge in [0.1, 0.15) is 0 Å². The molecule has 0 N–H and O–H groups in total. The van der Waals surface area contributed by atoms with Gasteiger partial charge < -0.3 is 0 Å². The van der Waals surface area contributed by atoms with Crippen LogP contribution < -0.4 is 0 Å². The van der Waals surface area contributed by atoms with Crippen LogP contribution in [-0.4, -0.2) is 0 Å². The predicted octanol–water partition coefficient (Wildman–Crippen LogP) is 3.08. The summed E-state index contributed by atoms with van der Waals surface area (Å²) in [6, 6.07) is 5.88. The molecule has 0 unspecified atom stereocenters. The summed E-state index contributed by atoms with van der Waals surface area (Å²) < 4.78 is 0. The number of hydrogen-bond donors (Lipinski definition) is 0. The van der Waals surface area contributed by atoms with E-state index in [2.05, 4.69) is 13.8 Å². The van der Waals surface area contributed by atoms with Crippen LogP contribution in [0.25, 0.3) is 0 Å². The molecule has 0 fully saturated rings. The van der Waals surface area contributed by atoms with Crippen molar-refractivity contribution in [3.8, 4) is 0 Å². The maximum Gasteiger partial charge on any atom is 0.0440 e. The third-order valence-corrected chi connectivity index (χ3v) is 1.85. The van der Waals surface area contributed by atoms with Gasteiger partial charge in [-0.05, 0) is 30.5 Å². The van der Waals surface area contributed by atoms with E-state index in [-0.39, 0.29) is 0 Å². The van der Waals surface area contributed by atoms with E-state index in [0.29, 0.717) is 0 Å². The molecule has 0 aromatic heterocycles. The molecule has 1 radical (unpaired) electrons. The molecule has 1 aromatic carbocycles. The Bertz CT molecular complexity index is 228. The first-order valence-corrected chi connectivity index (χ1v) is 3.72. The van der Waals surface area contributed by atoms with Crippen LogP contribution in [0.2, 0.25) is 5.02 Å². The highest BCUT2D eigenvalue weighted by Gasteiger charge is 1.95. The van der Waals surface area contributed by atoms with Gasteiger partial charge in [-0.2, -0.15) is 0 Å². The molecule has 1 heteroatoms. The molecule has 0 saturated heterocycles. The van der Waals surface area contributed by atoms with Gasteiger partial charge in [0.15, 0.2) is 0 Å². The molecule has 0 heterocycles. The molecule has 53 valence electrons. The number of halogens is 1. The molecule has 0 aliphatic heterocycles. The van der Waals surface area contributed by atoms with Crippen LogP contribution in [-0.2, 0) is 6.42 Å². The van der Waals surface area contributed by atoms with E-state index in [1.54, 1.807) is 0 Å². The third kappa shape index (κ3) is 1.51. The van der Waals surface area contributed by atoms with Crippen molar-refractivity contribution in [1.82, 2.24) is 0 Å². The fraction of sp³-hybridized carbons (Fsp3) is 0.222. The van der Waals surface area contributed by atoms with Crippen LogP contribution in [0.4, 0.5) is 0 Å². The summed E-state index contributed by atoms with van der Waals surface area (Å²) in [6.45, 7) is 5.86. The summed E-state index contributed by atoms with van der Waals surface area (Å²) in [5.41, 5.74) is 2.16. The quantitative estimate of drug-likeness (QED) is 0.582. The third-order valence-electron chi connectivity index (χ3n) is 1.50. The Morgan fingerprint density at radius 3 is 2.70 bits per heavy atom. The van der Waals surface area contributed by atoms with Gasteiger partial charge in [0, 0.05) is 5.02 Å². The molecule has 0 spiro atoms. The lowest BCUT2D eigenvalue weighted by Gasteiger charge is -1.99. The van der Waals surface area contributed by atoms with Gasteiger partial charge in [-0.25, -0.2) is 0 Å². The minimum Gasteiger partial charge on any atom is -0.0840 e. The first-order chi connectivity index (χ1) is 4.74. The van der Waals surface area contributed by atoms with Crippen LogP contribution in [0.15, 0.2) is 18.2 Å². The molecule has 0 aliphatic carbocycles. The zero-order chi connectivity index (χ0) is 7.56. The summed E-state index contributed by atoms with van der Waals surface area (Å²) in [5.74, 6) is 0. The predicted molar refractivity (Wildman–Crippen MR) is 45.3 cm³/mol. The Morgan fingerprint density at radius 1 is 1.50 bits per heavy atom. The van der Waals surface area contributed by atoms with Crippen molar-refractivity contribution in [2.75, 3.05) is 0 Å². The highest BCUT2D eigenvalue weighted by Crippen LogP contribution is 2.17. The standard InChI is InChI=1S/C9H10Cl/c1-3-8-5-4-7(2)6-9(8)10/h4-6H,2-3H2,1H3. The summed E-state index contributed by atoms with van der Waals surface area (Å²) in [6.07, 6.45) is 0.985. The monoisotopic (exact) mass is 153 g/mol. The van der Waals surface area contributed by atoms with Gasteiger partial charge in [0.05, 0.1) is 0 Å². The molecule has 1 rings (SSSR count). The molecule has 10 heavy (non-hydrogen) atoms. The van der Waals surface area contributed by atoms with Crippen molar-refractivity contribution >= 4 is 11.6 Å². The van der Waals surface area contributed by atoms with Crippen LogP contribution in [0.5, 0.6) is 0 Å². The van der Waals surface area contributed by atoms with Gasteiger partial charge >= 0.3 is 0 Å². The average molecular weight is 154 g/mol. The fourth-order valence-corrected chi connectivity index (χ4v) is 1.21. The fourth-order valence-electron chi connectivity index (χ4n) is 0.878. The van der Waals surface area contributed by atoms with Gasteiger partial charge in [0.25, 0.3) is 0 Å². The zero-order valence-electron chi connectivity index (χ0n) is 6.02. The van der Waals surface area contributed by atoms with E-state index in [1.165, 1.54) is 5.56 Å². The highest BCUT2D eigenvalue weighted by molar-refractivity contribution is 6.31. The van der Waals surface area contributed by atoms with E-state index in [0.717, 1.165) is 17.0 Å². The van der Waals surface area contributed by atoms with E-state index in [1.807, 2.05) is 18.2 Å². The summed E-state index contributed by atoms with van der Waals surface area (Å²) in [7, 11) is 0. The molecule has 0 aliphatic rings. The average Bonchev–Trinajstić information content (AvgIpc) is 1.88. The maximum absolute atomic E-state index is 5.89. The Labute approximate surface area is 66.8 Å². The van der Waals surface area contributed by atoms with E-state index >= 15 is 0 Å². The second-order valence-electron chi connectivity index (χ2n) is 2.28. The van der Waals surface area contributed by atoms with Crippen molar-refractivity contribution in [3.63, 3.8) is 0 Å². The second kappa shape index (κ2) is 3.07. The minimum atomic E-state index is 0.829. The first kappa shape index (κ1) is 7.62. The lowest BCUT2D eigenvalue weighted by Crippen LogP contribution is -1.81. The number of aryl methyl sites for hydroxylation is 1. The summed E-state index contributed by atoms with van der Waals surface area (Å²) in [4.78, 5) is 0. The smallest absolute Gasteiger partial charge is 0.0440 e. The number of benzene rings is 1. The van der Waals surface area contributed by atoms with Gasteiger partial charge in [0.2, 0.25) is 0 Å². The molecular weight excluding hydrogens is 144 g/mol. The van der Waals surface area contributed by atoms with Crippen molar-refractivity contribution in [3.05, 3.63) is 41.3 Å². The van der Waals surface area contributed by atoms with Crippen molar-refractivity contribution < 1.29 is 0 Å². The van der Waals surface area contributed by atoms with Gasteiger partial charge in [-0.15, -0.1) is 0 Å². The van der Waals surface area contributed by atoms with E-state index < -0.39 is 0 Å². The maximum atomic E-state index is 5.89. The van der Waals surface area contributed by atoms with E-state index in [9.17, 15) is 0 Å². The molecule has 0 nitrogen and oxygen atoms in total. The highest BCUT2D eigenvalue weighted by atomic mass is 35.5. The lowest BCUT2D eigenvalue weighted by atomic mass is 10.1. The summed E-state index contributed by atoms with van der Waals surface area (Å²) >= 11 is 5.89. The van der Waals surface area contributed by atoms with Crippen LogP contribution in [0, 0.1) is 6.92 Å².